The molecule has 0 bridgehead atoms. The number of hydrogen-bond donors (Lipinski definition) is 1. The van der Waals surface area contributed by atoms with Crippen LogP contribution in [0.5, 0.6) is 0 Å². The highest BCUT2D eigenvalue weighted by Crippen LogP contribution is 2.15. The van der Waals surface area contributed by atoms with E-state index in [0.29, 0.717) is 17.6 Å². The molecule has 0 spiro atoms. The van der Waals surface area contributed by atoms with Crippen molar-refractivity contribution in [2.24, 2.45) is 7.05 Å². The van der Waals surface area contributed by atoms with Crippen molar-refractivity contribution in [2.45, 2.75) is 6.54 Å². The molecule has 18 heavy (non-hydrogen) atoms. The van der Waals surface area contributed by atoms with Crippen molar-refractivity contribution in [2.75, 3.05) is 13.6 Å². The van der Waals surface area contributed by atoms with Crippen LogP contribution in [0.3, 0.4) is 0 Å². The smallest absolute Gasteiger partial charge is 0.419 e. The minimum Gasteiger partial charge on any atom is -0.480 e. The lowest BCUT2D eigenvalue weighted by atomic mass is 10.2. The van der Waals surface area contributed by atoms with Crippen LogP contribution in [0, 0.1) is 0 Å². The van der Waals surface area contributed by atoms with E-state index >= 15 is 0 Å². The van der Waals surface area contributed by atoms with Gasteiger partial charge in [0.25, 0.3) is 0 Å². The third kappa shape index (κ3) is 2.43. The third-order valence-corrected chi connectivity index (χ3v) is 2.71. The zero-order chi connectivity index (χ0) is 13.3. The fourth-order valence-corrected chi connectivity index (χ4v) is 1.87. The molecule has 1 N–H and O–H groups in total. The first kappa shape index (κ1) is 12.4. The summed E-state index contributed by atoms with van der Waals surface area (Å²) in [5, 5.41) is 8.68. The molecule has 6 nitrogen and oxygen atoms in total. The summed E-state index contributed by atoms with van der Waals surface area (Å²) in [6, 6.07) is 5.38. The van der Waals surface area contributed by atoms with Crippen LogP contribution in [0.15, 0.2) is 27.4 Å². The van der Waals surface area contributed by atoms with Crippen molar-refractivity contribution in [3.05, 3.63) is 34.3 Å². The number of carbonyl (C=O) groups is 1. The van der Waals surface area contributed by atoms with Gasteiger partial charge < -0.3 is 9.52 Å². The summed E-state index contributed by atoms with van der Waals surface area (Å²) >= 11 is 0. The summed E-state index contributed by atoms with van der Waals surface area (Å²) < 4.78 is 6.45. The van der Waals surface area contributed by atoms with Crippen LogP contribution in [0.25, 0.3) is 11.1 Å². The van der Waals surface area contributed by atoms with E-state index in [0.717, 1.165) is 5.56 Å². The lowest BCUT2D eigenvalue weighted by Gasteiger charge is -2.13. The maximum absolute atomic E-state index is 11.3. The Kier molecular flexibility index (Phi) is 3.20. The first-order valence-corrected chi connectivity index (χ1v) is 5.46. The average molecular weight is 250 g/mol. The minimum absolute atomic E-state index is 0.0254. The summed E-state index contributed by atoms with van der Waals surface area (Å²) in [5.74, 6) is -1.27. The van der Waals surface area contributed by atoms with E-state index in [4.69, 9.17) is 9.52 Å². The van der Waals surface area contributed by atoms with E-state index in [-0.39, 0.29) is 6.54 Å². The zero-order valence-corrected chi connectivity index (χ0v) is 10.2. The number of benzene rings is 1. The summed E-state index contributed by atoms with van der Waals surface area (Å²) in [6.07, 6.45) is 0. The predicted molar refractivity (Wildman–Crippen MR) is 65.4 cm³/mol. The molecule has 1 heterocycles. The molecule has 2 aromatic rings. The molecule has 0 aliphatic rings. The molecule has 1 aromatic heterocycles. The average Bonchev–Trinajstić information content (AvgIpc) is 2.54. The van der Waals surface area contributed by atoms with Gasteiger partial charge in [-0.05, 0) is 24.7 Å². The first-order chi connectivity index (χ1) is 8.47. The molecule has 0 fully saturated rings. The zero-order valence-electron chi connectivity index (χ0n) is 10.2. The van der Waals surface area contributed by atoms with Crippen molar-refractivity contribution >= 4 is 17.1 Å². The lowest BCUT2D eigenvalue weighted by molar-refractivity contribution is -0.138. The molecule has 2 rings (SSSR count). The Bertz CT molecular complexity index is 641. The van der Waals surface area contributed by atoms with Crippen molar-refractivity contribution in [3.8, 4) is 0 Å². The molecule has 0 radical (unpaired) electrons. The maximum Gasteiger partial charge on any atom is 0.419 e. The minimum atomic E-state index is -0.866. The van der Waals surface area contributed by atoms with Gasteiger partial charge in [0.15, 0.2) is 5.58 Å². The molecule has 0 saturated carbocycles. The highest BCUT2D eigenvalue weighted by atomic mass is 16.4. The molecule has 0 saturated heterocycles. The molecule has 96 valence electrons. The van der Waals surface area contributed by atoms with Gasteiger partial charge in [0.1, 0.15) is 0 Å². The van der Waals surface area contributed by atoms with Crippen LogP contribution < -0.4 is 5.76 Å². The lowest BCUT2D eigenvalue weighted by Crippen LogP contribution is -2.25. The molecule has 1 aromatic carbocycles. The topological polar surface area (TPSA) is 75.7 Å². The number of hydrogen-bond acceptors (Lipinski definition) is 4. The van der Waals surface area contributed by atoms with Gasteiger partial charge in [-0.25, -0.2) is 4.79 Å². The second kappa shape index (κ2) is 4.66. The van der Waals surface area contributed by atoms with Gasteiger partial charge in [-0.15, -0.1) is 0 Å². The number of carboxylic acids is 1. The Morgan fingerprint density at radius 3 is 2.89 bits per heavy atom. The van der Waals surface area contributed by atoms with Gasteiger partial charge in [0, 0.05) is 13.6 Å². The molecule has 0 amide bonds. The quantitative estimate of drug-likeness (QED) is 0.862. The van der Waals surface area contributed by atoms with Crippen molar-refractivity contribution in [1.82, 2.24) is 9.47 Å². The van der Waals surface area contributed by atoms with Crippen LogP contribution in [-0.2, 0) is 18.4 Å². The van der Waals surface area contributed by atoms with Gasteiger partial charge in [0.2, 0.25) is 0 Å². The second-order valence-electron chi connectivity index (χ2n) is 4.30. The number of aromatic nitrogens is 1. The molecule has 6 heteroatoms. The van der Waals surface area contributed by atoms with Crippen LogP contribution in [0.4, 0.5) is 0 Å². The molecule has 0 atom stereocenters. The van der Waals surface area contributed by atoms with Gasteiger partial charge in [-0.3, -0.25) is 14.3 Å². The number of oxazole rings is 1. The third-order valence-electron chi connectivity index (χ3n) is 2.71. The Labute approximate surface area is 103 Å². The maximum atomic E-state index is 11.3. The van der Waals surface area contributed by atoms with E-state index < -0.39 is 11.7 Å². The van der Waals surface area contributed by atoms with E-state index in [1.54, 1.807) is 25.1 Å². The molecule has 0 aliphatic heterocycles. The van der Waals surface area contributed by atoms with Crippen LogP contribution in [0.1, 0.15) is 5.56 Å². The Hall–Kier alpha value is -2.08. The summed E-state index contributed by atoms with van der Waals surface area (Å²) in [7, 11) is 3.37. The largest absolute Gasteiger partial charge is 0.480 e. The number of carboxylic acid groups (broad SMARTS) is 1. The number of fused-ring (bicyclic) bond motifs is 1. The Morgan fingerprint density at radius 1 is 1.50 bits per heavy atom. The molecule has 0 unspecified atom stereocenters. The fourth-order valence-electron chi connectivity index (χ4n) is 1.87. The Balaban J connectivity index is 2.27. The highest BCUT2D eigenvalue weighted by molar-refractivity contribution is 5.73. The first-order valence-electron chi connectivity index (χ1n) is 5.46. The van der Waals surface area contributed by atoms with E-state index in [9.17, 15) is 9.59 Å². The van der Waals surface area contributed by atoms with Gasteiger partial charge in [-0.2, -0.15) is 0 Å². The summed E-state index contributed by atoms with van der Waals surface area (Å²) in [6.45, 7) is 0.476. The summed E-state index contributed by atoms with van der Waals surface area (Å²) in [5.41, 5.74) is 2.18. The van der Waals surface area contributed by atoms with Crippen LogP contribution in [0.2, 0.25) is 0 Å². The summed E-state index contributed by atoms with van der Waals surface area (Å²) in [4.78, 5) is 23.6. The normalized spacial score (nSPS) is 11.3. The van der Waals surface area contributed by atoms with Crippen molar-refractivity contribution < 1.29 is 14.3 Å². The molecular weight excluding hydrogens is 236 g/mol. The number of aryl methyl sites for hydroxylation is 1. The highest BCUT2D eigenvalue weighted by Gasteiger charge is 2.09. The Morgan fingerprint density at radius 2 is 2.22 bits per heavy atom. The van der Waals surface area contributed by atoms with Crippen LogP contribution in [-0.4, -0.2) is 34.1 Å². The van der Waals surface area contributed by atoms with Crippen molar-refractivity contribution in [3.63, 3.8) is 0 Å². The standard InChI is InChI=1S/C12H14N2O4/c1-13(7-11(15)16)6-8-3-4-10-9(5-8)14(2)12(17)18-10/h3-5H,6-7H2,1-2H3,(H,15,16). The van der Waals surface area contributed by atoms with Crippen LogP contribution >= 0.6 is 0 Å². The van der Waals surface area contributed by atoms with E-state index in [1.807, 2.05) is 12.1 Å². The monoisotopic (exact) mass is 250 g/mol. The van der Waals surface area contributed by atoms with E-state index in [2.05, 4.69) is 0 Å². The number of nitrogens with zero attached hydrogens (tertiary/aromatic N) is 2. The van der Waals surface area contributed by atoms with Gasteiger partial charge >= 0.3 is 11.7 Å². The SMILES string of the molecule is CN(CC(=O)O)Cc1ccc2oc(=O)n(C)c2c1. The van der Waals surface area contributed by atoms with Crippen molar-refractivity contribution in [1.29, 1.82) is 0 Å². The fraction of sp³-hybridized carbons (Fsp3) is 0.333. The van der Waals surface area contributed by atoms with Gasteiger partial charge in [-0.1, -0.05) is 6.07 Å². The predicted octanol–water partition coefficient (Wildman–Crippen LogP) is 0.648. The van der Waals surface area contributed by atoms with E-state index in [1.165, 1.54) is 4.57 Å². The second-order valence-corrected chi connectivity index (χ2v) is 4.30. The molecular formula is C12H14N2O4. The number of likely N-dealkylation sites (N-methyl/N-ethyl adjacent to an activating group) is 1. The number of aliphatic carboxylic acids is 1. The molecule has 0 aliphatic carbocycles. The van der Waals surface area contributed by atoms with Gasteiger partial charge in [0.05, 0.1) is 12.1 Å². The number of rotatable bonds is 4.